The Balaban J connectivity index is 2.14. The van der Waals surface area contributed by atoms with Crippen molar-refractivity contribution in [1.82, 2.24) is 4.98 Å². The first-order valence-corrected chi connectivity index (χ1v) is 9.36. The second-order valence-corrected chi connectivity index (χ2v) is 7.03. The Morgan fingerprint density at radius 1 is 1.04 bits per heavy atom. The normalized spacial score (nSPS) is 11.4. The molecule has 0 aliphatic rings. The first kappa shape index (κ1) is 17.7. The van der Waals surface area contributed by atoms with E-state index >= 15 is 0 Å². The molecule has 0 atom stereocenters. The van der Waals surface area contributed by atoms with Crippen molar-refractivity contribution in [3.8, 4) is 11.6 Å². The van der Waals surface area contributed by atoms with Crippen LogP contribution in [-0.4, -0.2) is 18.2 Å². The molecule has 1 aromatic heterocycles. The number of hydrogen-bond donors (Lipinski definition) is 0. The van der Waals surface area contributed by atoms with Gasteiger partial charge in [-0.3, -0.25) is 4.57 Å². The standard InChI is InChI=1S/C17H22NO4P/c1-4-20-23(19,21-5-2)13-15-9-7-10-16(12-15)22-17-11-6-8-14(3)18-17/h6-12H,4-5,13H2,1-3H3. The molecule has 0 saturated heterocycles. The van der Waals surface area contributed by atoms with Crippen LogP contribution in [0.5, 0.6) is 11.6 Å². The number of pyridine rings is 1. The Morgan fingerprint density at radius 2 is 1.74 bits per heavy atom. The summed E-state index contributed by atoms with van der Waals surface area (Å²) in [7, 11) is -3.12. The molecule has 2 rings (SSSR count). The van der Waals surface area contributed by atoms with E-state index in [4.69, 9.17) is 13.8 Å². The van der Waals surface area contributed by atoms with E-state index in [0.29, 0.717) is 24.8 Å². The Morgan fingerprint density at radius 3 is 2.39 bits per heavy atom. The SMILES string of the molecule is CCOP(=O)(Cc1cccc(Oc2cccc(C)n2)c1)OCC. The van der Waals surface area contributed by atoms with E-state index < -0.39 is 7.60 Å². The summed E-state index contributed by atoms with van der Waals surface area (Å²) >= 11 is 0. The smallest absolute Gasteiger partial charge is 0.335 e. The Bertz CT molecular complexity index is 680. The van der Waals surface area contributed by atoms with Crippen molar-refractivity contribution >= 4 is 7.60 Å². The topological polar surface area (TPSA) is 57.7 Å². The third-order valence-corrected chi connectivity index (χ3v) is 5.07. The maximum Gasteiger partial charge on any atom is 0.335 e. The molecule has 6 heteroatoms. The van der Waals surface area contributed by atoms with Crippen LogP contribution in [0, 0.1) is 6.92 Å². The molecule has 0 bridgehead atoms. The zero-order chi connectivity index (χ0) is 16.7. The maximum absolute atomic E-state index is 12.6. The van der Waals surface area contributed by atoms with Crippen LogP contribution in [-0.2, 0) is 19.8 Å². The van der Waals surface area contributed by atoms with Gasteiger partial charge in [-0.15, -0.1) is 0 Å². The second kappa shape index (κ2) is 8.25. The maximum atomic E-state index is 12.6. The van der Waals surface area contributed by atoms with Crippen molar-refractivity contribution in [3.05, 3.63) is 53.7 Å². The molecule has 0 fully saturated rings. The van der Waals surface area contributed by atoms with Gasteiger partial charge in [0.2, 0.25) is 5.88 Å². The largest absolute Gasteiger partial charge is 0.439 e. The van der Waals surface area contributed by atoms with Gasteiger partial charge >= 0.3 is 7.60 Å². The number of aryl methyl sites for hydroxylation is 1. The van der Waals surface area contributed by atoms with Gasteiger partial charge in [0.05, 0.1) is 19.4 Å². The summed E-state index contributed by atoms with van der Waals surface area (Å²) in [5.74, 6) is 1.17. The van der Waals surface area contributed by atoms with Crippen molar-refractivity contribution in [2.24, 2.45) is 0 Å². The minimum Gasteiger partial charge on any atom is -0.439 e. The van der Waals surface area contributed by atoms with Gasteiger partial charge in [-0.25, -0.2) is 4.98 Å². The molecule has 124 valence electrons. The summed E-state index contributed by atoms with van der Waals surface area (Å²) in [5.41, 5.74) is 1.72. The minimum absolute atomic E-state index is 0.215. The average molecular weight is 335 g/mol. The molecule has 2 aromatic rings. The molecule has 23 heavy (non-hydrogen) atoms. The molecule has 0 saturated carbocycles. The van der Waals surface area contributed by atoms with E-state index in [0.717, 1.165) is 11.3 Å². The zero-order valence-electron chi connectivity index (χ0n) is 13.7. The van der Waals surface area contributed by atoms with Gasteiger partial charge in [0.25, 0.3) is 0 Å². The lowest BCUT2D eigenvalue weighted by molar-refractivity contribution is 0.219. The predicted molar refractivity (Wildman–Crippen MR) is 90.1 cm³/mol. The zero-order valence-corrected chi connectivity index (χ0v) is 14.6. The summed E-state index contributed by atoms with van der Waals surface area (Å²) in [6.45, 7) is 6.20. The highest BCUT2D eigenvalue weighted by Gasteiger charge is 2.24. The van der Waals surface area contributed by atoms with Gasteiger partial charge in [-0.2, -0.15) is 0 Å². The van der Waals surface area contributed by atoms with Gasteiger partial charge in [0.15, 0.2) is 0 Å². The quantitative estimate of drug-likeness (QED) is 0.639. The number of rotatable bonds is 8. The van der Waals surface area contributed by atoms with Gasteiger partial charge in [0.1, 0.15) is 5.75 Å². The van der Waals surface area contributed by atoms with Crippen LogP contribution < -0.4 is 4.74 Å². The van der Waals surface area contributed by atoms with E-state index in [9.17, 15) is 4.57 Å². The molecule has 5 nitrogen and oxygen atoms in total. The molecular formula is C17H22NO4P. The molecular weight excluding hydrogens is 313 g/mol. The highest BCUT2D eigenvalue weighted by molar-refractivity contribution is 7.53. The fourth-order valence-corrected chi connectivity index (χ4v) is 3.84. The van der Waals surface area contributed by atoms with Gasteiger partial charge < -0.3 is 13.8 Å². The first-order chi connectivity index (χ1) is 11.0. The number of aromatic nitrogens is 1. The predicted octanol–water partition coefficient (Wildman–Crippen LogP) is 4.95. The number of benzene rings is 1. The van der Waals surface area contributed by atoms with Crippen LogP contribution in [0.1, 0.15) is 25.1 Å². The number of ether oxygens (including phenoxy) is 1. The molecule has 0 amide bonds. The first-order valence-electron chi connectivity index (χ1n) is 7.63. The molecule has 0 N–H and O–H groups in total. The van der Waals surface area contributed by atoms with Crippen LogP contribution in [0.25, 0.3) is 0 Å². The van der Waals surface area contributed by atoms with Crippen LogP contribution in [0.15, 0.2) is 42.5 Å². The monoisotopic (exact) mass is 335 g/mol. The van der Waals surface area contributed by atoms with Crippen molar-refractivity contribution in [2.45, 2.75) is 26.9 Å². The third kappa shape index (κ3) is 5.47. The van der Waals surface area contributed by atoms with Crippen molar-refractivity contribution < 1.29 is 18.3 Å². The Labute approximate surface area is 137 Å². The van der Waals surface area contributed by atoms with Crippen molar-refractivity contribution in [1.29, 1.82) is 0 Å². The van der Waals surface area contributed by atoms with E-state index in [1.807, 2.05) is 43.3 Å². The van der Waals surface area contributed by atoms with Crippen molar-refractivity contribution in [3.63, 3.8) is 0 Å². The van der Waals surface area contributed by atoms with Gasteiger partial charge in [0, 0.05) is 11.8 Å². The van der Waals surface area contributed by atoms with E-state index in [2.05, 4.69) is 4.98 Å². The lowest BCUT2D eigenvalue weighted by atomic mass is 10.2. The van der Waals surface area contributed by atoms with Crippen LogP contribution in [0.3, 0.4) is 0 Å². The molecule has 0 unspecified atom stereocenters. The molecule has 0 aliphatic carbocycles. The molecule has 0 aliphatic heterocycles. The molecule has 1 aromatic carbocycles. The number of hydrogen-bond acceptors (Lipinski definition) is 5. The Hall–Kier alpha value is -1.68. The summed E-state index contributed by atoms with van der Waals surface area (Å²) in [4.78, 5) is 4.31. The summed E-state index contributed by atoms with van der Waals surface area (Å²) in [6, 6.07) is 13.0. The van der Waals surface area contributed by atoms with Crippen molar-refractivity contribution in [2.75, 3.05) is 13.2 Å². The fraction of sp³-hybridized carbons (Fsp3) is 0.353. The van der Waals surface area contributed by atoms with Crippen LogP contribution >= 0.6 is 7.60 Å². The van der Waals surface area contributed by atoms with Gasteiger partial charge in [-0.05, 0) is 44.5 Å². The highest BCUT2D eigenvalue weighted by Crippen LogP contribution is 2.51. The van der Waals surface area contributed by atoms with Crippen LogP contribution in [0.2, 0.25) is 0 Å². The second-order valence-electron chi connectivity index (χ2n) is 4.97. The molecule has 0 spiro atoms. The lowest BCUT2D eigenvalue weighted by Crippen LogP contribution is -1.99. The minimum atomic E-state index is -3.12. The van der Waals surface area contributed by atoms with E-state index in [-0.39, 0.29) is 6.16 Å². The number of nitrogens with zero attached hydrogens (tertiary/aromatic N) is 1. The fourth-order valence-electron chi connectivity index (χ4n) is 2.15. The summed E-state index contributed by atoms with van der Waals surface area (Å²) in [6.07, 6.45) is 0.215. The Kier molecular flexibility index (Phi) is 6.34. The van der Waals surface area contributed by atoms with E-state index in [1.54, 1.807) is 19.9 Å². The summed E-state index contributed by atoms with van der Waals surface area (Å²) < 4.78 is 29.0. The molecule has 0 radical (unpaired) electrons. The van der Waals surface area contributed by atoms with Gasteiger partial charge in [-0.1, -0.05) is 18.2 Å². The van der Waals surface area contributed by atoms with Crippen LogP contribution in [0.4, 0.5) is 0 Å². The lowest BCUT2D eigenvalue weighted by Gasteiger charge is -2.17. The molecule has 1 heterocycles. The highest BCUT2D eigenvalue weighted by atomic mass is 31.2. The third-order valence-electron chi connectivity index (χ3n) is 3.01. The summed E-state index contributed by atoms with van der Waals surface area (Å²) in [5, 5.41) is 0. The van der Waals surface area contributed by atoms with E-state index in [1.165, 1.54) is 0 Å². The average Bonchev–Trinajstić information content (AvgIpc) is 2.47.